The van der Waals surface area contributed by atoms with Gasteiger partial charge in [0, 0.05) is 23.7 Å². The molecule has 0 saturated carbocycles. The van der Waals surface area contributed by atoms with E-state index < -0.39 is 30.8 Å². The topological polar surface area (TPSA) is 184 Å². The first-order valence-electron chi connectivity index (χ1n) is 9.55. The van der Waals surface area contributed by atoms with Crippen molar-refractivity contribution in [1.82, 2.24) is 24.7 Å². The number of pyridine rings is 1. The number of hydrogen-bond donors (Lipinski definition) is 4. The Morgan fingerprint density at radius 2 is 1.88 bits per heavy atom. The number of carbonyl (C=O) groups is 2. The number of aliphatic hydroxyl groups excluding tert-OH is 2. The number of fused-ring (bicyclic) bond motifs is 1. The summed E-state index contributed by atoms with van der Waals surface area (Å²) in [5, 5.41) is 42.0. The molecular formula is C19H21ClN6O7. The van der Waals surface area contributed by atoms with E-state index in [1.165, 1.54) is 11.8 Å². The molecule has 2 amide bonds. The summed E-state index contributed by atoms with van der Waals surface area (Å²) in [4.78, 5) is 35.0. The number of rotatable bonds is 7. The molecule has 3 aromatic heterocycles. The smallest absolute Gasteiger partial charge is 0.424 e. The molecule has 0 aliphatic carbocycles. The Kier molecular flexibility index (Phi) is 6.95. The number of aliphatic hydroxyl groups is 2. The van der Waals surface area contributed by atoms with Crippen LogP contribution in [0.5, 0.6) is 5.75 Å². The summed E-state index contributed by atoms with van der Waals surface area (Å²) in [5.41, 5.74) is 2.37. The van der Waals surface area contributed by atoms with Crippen LogP contribution in [-0.4, -0.2) is 77.2 Å². The molecule has 0 spiro atoms. The summed E-state index contributed by atoms with van der Waals surface area (Å²) < 4.78 is 6.77. The Hall–Kier alpha value is -3.55. The zero-order chi connectivity index (χ0) is 24.4. The number of imide groups is 1. The Morgan fingerprint density at radius 1 is 1.21 bits per heavy atom. The normalized spacial score (nSPS) is 12.1. The van der Waals surface area contributed by atoms with Crippen molar-refractivity contribution in [3.63, 3.8) is 0 Å². The number of anilines is 1. The fourth-order valence-corrected chi connectivity index (χ4v) is 3.62. The minimum Gasteiger partial charge on any atom is -0.496 e. The van der Waals surface area contributed by atoms with Crippen LogP contribution in [0.25, 0.3) is 11.0 Å². The third-order valence-corrected chi connectivity index (χ3v) is 5.15. The predicted octanol–water partition coefficient (Wildman–Crippen LogP) is 1.61. The summed E-state index contributed by atoms with van der Waals surface area (Å²) in [5.74, 6) is -0.0576. The molecule has 0 bridgehead atoms. The average Bonchev–Trinajstić information content (AvgIpc) is 3.07. The van der Waals surface area contributed by atoms with E-state index in [9.17, 15) is 30.0 Å². The molecule has 3 rings (SSSR count). The molecule has 0 aliphatic heterocycles. The zero-order valence-electron chi connectivity index (χ0n) is 17.9. The molecule has 3 aromatic rings. The highest BCUT2D eigenvalue weighted by Crippen LogP contribution is 2.30. The summed E-state index contributed by atoms with van der Waals surface area (Å²) in [6, 6.07) is 0. The van der Waals surface area contributed by atoms with E-state index >= 15 is 0 Å². The molecule has 4 N–H and O–H groups in total. The average molecular weight is 481 g/mol. The van der Waals surface area contributed by atoms with Crippen molar-refractivity contribution in [2.24, 2.45) is 0 Å². The van der Waals surface area contributed by atoms with E-state index in [2.05, 4.69) is 20.1 Å². The van der Waals surface area contributed by atoms with Gasteiger partial charge in [-0.1, -0.05) is 11.6 Å². The van der Waals surface area contributed by atoms with E-state index in [4.69, 9.17) is 16.3 Å². The van der Waals surface area contributed by atoms with Crippen molar-refractivity contribution in [3.05, 3.63) is 33.9 Å². The van der Waals surface area contributed by atoms with Crippen LogP contribution < -0.4 is 9.64 Å². The highest BCUT2D eigenvalue weighted by Gasteiger charge is 2.29. The Morgan fingerprint density at radius 3 is 2.45 bits per heavy atom. The molecular weight excluding hydrogens is 460 g/mol. The quantitative estimate of drug-likeness (QED) is 0.360. The van der Waals surface area contributed by atoms with Crippen molar-refractivity contribution >= 4 is 40.8 Å². The summed E-state index contributed by atoms with van der Waals surface area (Å²) >= 11 is 6.27. The first kappa shape index (κ1) is 24.1. The zero-order valence-corrected chi connectivity index (χ0v) is 18.6. The maximum atomic E-state index is 11.4. The van der Waals surface area contributed by atoms with Crippen molar-refractivity contribution in [2.75, 3.05) is 18.6 Å². The molecule has 3 heterocycles. The molecule has 13 nitrogen and oxygen atoms in total. The Labute approximate surface area is 191 Å². The minimum atomic E-state index is -1.82. The monoisotopic (exact) mass is 480 g/mol. The van der Waals surface area contributed by atoms with Crippen molar-refractivity contribution in [2.45, 2.75) is 32.9 Å². The molecule has 0 radical (unpaired) electrons. The van der Waals surface area contributed by atoms with Gasteiger partial charge >= 0.3 is 12.2 Å². The van der Waals surface area contributed by atoms with E-state index in [0.29, 0.717) is 11.4 Å². The van der Waals surface area contributed by atoms with Gasteiger partial charge in [-0.25, -0.2) is 14.3 Å². The number of halogens is 1. The third kappa shape index (κ3) is 4.65. The number of amides is 2. The van der Waals surface area contributed by atoms with E-state index in [1.54, 1.807) is 13.1 Å². The largest absolute Gasteiger partial charge is 0.496 e. The fraction of sp³-hybridized carbons (Fsp3) is 0.368. The molecule has 0 aliphatic rings. The molecule has 176 valence electrons. The number of nitrogens with zero attached hydrogens (tertiary/aromatic N) is 6. The second-order valence-corrected chi connectivity index (χ2v) is 7.46. The van der Waals surface area contributed by atoms with Crippen LogP contribution in [0.3, 0.4) is 0 Å². The van der Waals surface area contributed by atoms with Crippen LogP contribution in [0, 0.1) is 13.8 Å². The predicted molar refractivity (Wildman–Crippen MR) is 115 cm³/mol. The molecule has 1 atom stereocenters. The van der Waals surface area contributed by atoms with Gasteiger partial charge in [0.15, 0.2) is 5.65 Å². The van der Waals surface area contributed by atoms with Gasteiger partial charge in [-0.3, -0.25) is 4.98 Å². The summed E-state index contributed by atoms with van der Waals surface area (Å²) in [7, 11) is 1.53. The number of methoxy groups -OCH3 is 1. The molecule has 33 heavy (non-hydrogen) atoms. The minimum absolute atomic E-state index is 0.0263. The van der Waals surface area contributed by atoms with Crippen LogP contribution in [0.15, 0.2) is 6.20 Å². The number of aryl methyl sites for hydroxylation is 1. The van der Waals surface area contributed by atoms with Crippen LogP contribution in [0.1, 0.15) is 22.5 Å². The maximum absolute atomic E-state index is 11.4. The molecule has 0 saturated heterocycles. The van der Waals surface area contributed by atoms with Crippen molar-refractivity contribution in [3.8, 4) is 5.75 Å². The SMILES string of the molecule is COc1c(C)cnc(Cn2nc(CC(O)CO)c3c(Cl)nc(N(C(=O)O)C(=O)O)nc32)c1C. The van der Waals surface area contributed by atoms with Crippen molar-refractivity contribution in [1.29, 1.82) is 0 Å². The van der Waals surface area contributed by atoms with E-state index in [1.807, 2.05) is 6.92 Å². The Balaban J connectivity index is 2.23. The number of hydrogen-bond acceptors (Lipinski definition) is 9. The van der Waals surface area contributed by atoms with Crippen LogP contribution >= 0.6 is 11.6 Å². The van der Waals surface area contributed by atoms with Crippen LogP contribution in [0.4, 0.5) is 15.5 Å². The van der Waals surface area contributed by atoms with Gasteiger partial charge in [-0.15, -0.1) is 4.90 Å². The second kappa shape index (κ2) is 9.52. The van der Waals surface area contributed by atoms with Gasteiger partial charge in [0.2, 0.25) is 5.95 Å². The van der Waals surface area contributed by atoms with Gasteiger partial charge in [-0.05, 0) is 13.8 Å². The van der Waals surface area contributed by atoms with Gasteiger partial charge in [-0.2, -0.15) is 15.1 Å². The van der Waals surface area contributed by atoms with E-state index in [-0.39, 0.29) is 39.7 Å². The van der Waals surface area contributed by atoms with Crippen molar-refractivity contribution < 1.29 is 34.8 Å². The lowest BCUT2D eigenvalue weighted by Crippen LogP contribution is -2.36. The van der Waals surface area contributed by atoms with Gasteiger partial charge in [0.25, 0.3) is 0 Å². The highest BCUT2D eigenvalue weighted by atomic mass is 35.5. The molecule has 0 aromatic carbocycles. The molecule has 0 fully saturated rings. The lowest BCUT2D eigenvalue weighted by atomic mass is 10.1. The molecule has 14 heteroatoms. The second-order valence-electron chi connectivity index (χ2n) is 7.10. The first-order valence-corrected chi connectivity index (χ1v) is 9.93. The first-order chi connectivity index (χ1) is 15.6. The maximum Gasteiger partial charge on any atom is 0.424 e. The Bertz CT molecular complexity index is 1220. The number of carboxylic acid groups (broad SMARTS) is 2. The fourth-order valence-electron chi connectivity index (χ4n) is 3.36. The van der Waals surface area contributed by atoms with Crippen LogP contribution in [0.2, 0.25) is 5.15 Å². The van der Waals surface area contributed by atoms with Gasteiger partial charge in [0.1, 0.15) is 10.9 Å². The summed E-state index contributed by atoms with van der Waals surface area (Å²) in [6.07, 6.45) is -3.27. The highest BCUT2D eigenvalue weighted by molar-refractivity contribution is 6.34. The van der Waals surface area contributed by atoms with Gasteiger partial charge in [0.05, 0.1) is 43.1 Å². The third-order valence-electron chi connectivity index (χ3n) is 4.88. The van der Waals surface area contributed by atoms with E-state index in [0.717, 1.165) is 11.1 Å². The number of aromatic nitrogens is 5. The number of ether oxygens (including phenoxy) is 1. The lowest BCUT2D eigenvalue weighted by molar-refractivity contribution is 0.0948. The van der Waals surface area contributed by atoms with Gasteiger partial charge < -0.3 is 25.2 Å². The molecule has 1 unspecified atom stereocenters. The lowest BCUT2D eigenvalue weighted by Gasteiger charge is -2.13. The summed E-state index contributed by atoms with van der Waals surface area (Å²) in [6.45, 7) is 3.15. The standard InChI is InChI=1S/C19H21ClN6O7/c1-8-5-21-12(9(2)14(8)33-3)6-25-16-13(11(24-25)4-10(28)7-27)15(20)22-17(23-16)26(18(29)30)19(31)32/h5,10,27-28H,4,6-7H2,1-3H3,(H,29,30)(H,31,32). The van der Waals surface area contributed by atoms with Crippen LogP contribution in [-0.2, 0) is 13.0 Å².